The first-order chi connectivity index (χ1) is 20.1. The van der Waals surface area contributed by atoms with E-state index in [9.17, 15) is 0 Å². The van der Waals surface area contributed by atoms with E-state index in [0.29, 0.717) is 0 Å². The number of halogens is 2. The minimum absolute atomic E-state index is 0. The average Bonchev–Trinajstić information content (AvgIpc) is 3.60. The fourth-order valence-corrected chi connectivity index (χ4v) is 6.49. The molecule has 0 aromatic heterocycles. The van der Waals surface area contributed by atoms with Crippen molar-refractivity contribution < 1.29 is 51.0 Å². The third-order valence-corrected chi connectivity index (χ3v) is 8.60. The van der Waals surface area contributed by atoms with Crippen LogP contribution < -0.4 is 35.2 Å². The molecule has 0 saturated carbocycles. The number of fused-ring (bicyclic) bond motifs is 6. The zero-order valence-electron chi connectivity index (χ0n) is 24.8. The second-order valence-corrected chi connectivity index (χ2v) is 11.9. The Morgan fingerprint density at radius 1 is 0.409 bits per heavy atom. The first kappa shape index (κ1) is 35.2. The molecule has 44 heavy (non-hydrogen) atoms. The van der Waals surface area contributed by atoms with E-state index in [1.165, 1.54) is 64.6 Å². The van der Waals surface area contributed by atoms with Crippen LogP contribution in [0.2, 0.25) is 0 Å². The summed E-state index contributed by atoms with van der Waals surface area (Å²) >= 11 is 0. The average molecular weight is 703 g/mol. The molecule has 0 bridgehead atoms. The fraction of sp³-hybridized carbons (Fsp3) is 0.0500. The van der Waals surface area contributed by atoms with Crippen molar-refractivity contribution in [3.05, 3.63) is 169 Å². The van der Waals surface area contributed by atoms with Crippen molar-refractivity contribution in [2.45, 2.75) is 13.8 Å². The maximum atomic E-state index is 2.26. The molecule has 214 valence electrons. The van der Waals surface area contributed by atoms with Crippen LogP contribution >= 0.6 is 0 Å². The maximum absolute atomic E-state index is 2.26. The standard InChI is InChI=1S/2C14H11.C12H10Si.2ClH.Zr/c2*1-10-8-12-7-6-11-4-2-3-5-13(11)14(12)9-10;1-3-7-11(8-4-1)13-12-9-5-2-6-10-12;;;/h2*2-9H,1H3;1-10H;2*1H;/q2*-1;;;;+4/p-2. The molecule has 0 spiro atoms. The van der Waals surface area contributed by atoms with E-state index < -0.39 is 0 Å². The number of hydrogen-bond donors (Lipinski definition) is 0. The monoisotopic (exact) mass is 700 g/mol. The Morgan fingerprint density at radius 2 is 0.773 bits per heavy atom. The van der Waals surface area contributed by atoms with Gasteiger partial charge in [-0.2, -0.15) is 12.1 Å². The van der Waals surface area contributed by atoms with Gasteiger partial charge in [0.25, 0.3) is 0 Å². The third kappa shape index (κ3) is 8.46. The van der Waals surface area contributed by atoms with Crippen LogP contribution in [0.5, 0.6) is 0 Å². The molecule has 0 amide bonds. The van der Waals surface area contributed by atoms with Gasteiger partial charge in [0.1, 0.15) is 9.52 Å². The van der Waals surface area contributed by atoms with E-state index in [0.717, 1.165) is 9.52 Å². The summed E-state index contributed by atoms with van der Waals surface area (Å²) in [4.78, 5) is 0. The quantitative estimate of drug-likeness (QED) is 0.192. The van der Waals surface area contributed by atoms with E-state index >= 15 is 0 Å². The number of benzene rings is 6. The normalized spacial score (nSPS) is 10.0. The molecule has 0 aliphatic carbocycles. The fourth-order valence-electron chi connectivity index (χ4n) is 5.44. The predicted molar refractivity (Wildman–Crippen MR) is 181 cm³/mol. The molecule has 0 heterocycles. The molecule has 2 radical (unpaired) electrons. The summed E-state index contributed by atoms with van der Waals surface area (Å²) in [6.07, 6.45) is 0. The maximum Gasteiger partial charge on any atom is 4.00 e. The Labute approximate surface area is 294 Å². The molecule has 0 aliphatic heterocycles. The van der Waals surface area contributed by atoms with E-state index in [2.05, 4.69) is 172 Å². The van der Waals surface area contributed by atoms with Gasteiger partial charge in [-0.3, -0.25) is 0 Å². The molecule has 0 atom stereocenters. The molecule has 8 aromatic carbocycles. The molecule has 0 N–H and O–H groups in total. The molecule has 0 aliphatic rings. The van der Waals surface area contributed by atoms with Crippen molar-refractivity contribution in [1.29, 1.82) is 0 Å². The van der Waals surface area contributed by atoms with Crippen molar-refractivity contribution in [3.8, 4) is 0 Å². The molecule has 8 aromatic rings. The first-order valence-corrected chi connectivity index (χ1v) is 15.1. The molecule has 0 unspecified atom stereocenters. The Morgan fingerprint density at radius 3 is 1.18 bits per heavy atom. The molecule has 0 saturated heterocycles. The molecule has 8 rings (SSSR count). The molecular weight excluding hydrogens is 671 g/mol. The van der Waals surface area contributed by atoms with Gasteiger partial charge < -0.3 is 24.8 Å². The van der Waals surface area contributed by atoms with Crippen LogP contribution in [0.1, 0.15) is 11.1 Å². The number of rotatable bonds is 2. The molecular formula is C40H32Cl2SiZr. The van der Waals surface area contributed by atoms with E-state index in [4.69, 9.17) is 0 Å². The van der Waals surface area contributed by atoms with Gasteiger partial charge in [-0.05, 0) is 10.8 Å². The largest absolute Gasteiger partial charge is 4.00 e. The molecule has 0 fully saturated rings. The van der Waals surface area contributed by atoms with Gasteiger partial charge in [-0.15, -0.1) is 56.9 Å². The SMILES string of the molecule is Cc1cc2c(ccc3ccccc32)[cH-]1.Cc1cc2c(ccc3ccccc32)[cH-]1.[Cl-].[Cl-].[Zr+4].c1ccc([Si]c2ccccc2)cc1. The topological polar surface area (TPSA) is 0 Å². The number of hydrogen-bond acceptors (Lipinski definition) is 0. The second kappa shape index (κ2) is 16.7. The summed E-state index contributed by atoms with van der Waals surface area (Å²) in [5, 5.41) is 13.6. The zero-order chi connectivity index (χ0) is 28.0. The van der Waals surface area contributed by atoms with Crippen LogP contribution in [0.15, 0.2) is 158 Å². The zero-order valence-corrected chi connectivity index (χ0v) is 29.7. The summed E-state index contributed by atoms with van der Waals surface area (Å²) in [7, 11) is 0.777. The second-order valence-electron chi connectivity index (χ2n) is 10.5. The minimum Gasteiger partial charge on any atom is -1.00 e. The van der Waals surface area contributed by atoms with E-state index in [1.807, 2.05) is 0 Å². The van der Waals surface area contributed by atoms with Crippen molar-refractivity contribution >= 4 is 63.0 Å². The van der Waals surface area contributed by atoms with Crippen LogP contribution in [0.3, 0.4) is 0 Å². The van der Waals surface area contributed by atoms with Gasteiger partial charge >= 0.3 is 26.2 Å². The van der Waals surface area contributed by atoms with E-state index in [-0.39, 0.29) is 51.0 Å². The summed E-state index contributed by atoms with van der Waals surface area (Å²) in [6.45, 7) is 4.30. The van der Waals surface area contributed by atoms with Crippen molar-refractivity contribution in [3.63, 3.8) is 0 Å². The van der Waals surface area contributed by atoms with Gasteiger partial charge in [0.2, 0.25) is 0 Å². The van der Waals surface area contributed by atoms with Gasteiger partial charge in [0, 0.05) is 0 Å². The van der Waals surface area contributed by atoms with Crippen LogP contribution in [-0.4, -0.2) is 9.52 Å². The van der Waals surface area contributed by atoms with Crippen LogP contribution in [-0.2, 0) is 26.2 Å². The van der Waals surface area contributed by atoms with Crippen molar-refractivity contribution in [1.82, 2.24) is 0 Å². The molecule has 4 heteroatoms. The summed E-state index contributed by atoms with van der Waals surface area (Å²) in [5.74, 6) is 0. The van der Waals surface area contributed by atoms with Crippen LogP contribution in [0.4, 0.5) is 0 Å². The van der Waals surface area contributed by atoms with Crippen LogP contribution in [0, 0.1) is 13.8 Å². The van der Waals surface area contributed by atoms with Gasteiger partial charge in [-0.25, -0.2) is 0 Å². The first-order valence-electron chi connectivity index (χ1n) is 14.1. The summed E-state index contributed by atoms with van der Waals surface area (Å²) < 4.78 is 0. The van der Waals surface area contributed by atoms with Gasteiger partial charge in [0.15, 0.2) is 0 Å². The van der Waals surface area contributed by atoms with Gasteiger partial charge in [-0.1, -0.05) is 156 Å². The Hall–Kier alpha value is -3.26. The summed E-state index contributed by atoms with van der Waals surface area (Å²) in [5.41, 5.74) is 2.69. The third-order valence-electron chi connectivity index (χ3n) is 7.36. The van der Waals surface area contributed by atoms with Gasteiger partial charge in [0.05, 0.1) is 0 Å². The Balaban J connectivity index is 0.000000175. The predicted octanol–water partition coefficient (Wildman–Crippen LogP) is 3.39. The smallest absolute Gasteiger partial charge is 1.00 e. The van der Waals surface area contributed by atoms with Crippen LogP contribution in [0.25, 0.3) is 43.1 Å². The summed E-state index contributed by atoms with van der Waals surface area (Å²) in [6, 6.07) is 56.0. The van der Waals surface area contributed by atoms with Crippen molar-refractivity contribution in [2.75, 3.05) is 0 Å². The molecule has 0 nitrogen and oxygen atoms in total. The Bertz CT molecular complexity index is 1890. The number of aryl methyl sites for hydroxylation is 2. The van der Waals surface area contributed by atoms with E-state index in [1.54, 1.807) is 0 Å². The Kier molecular flexibility index (Phi) is 13.4. The minimum atomic E-state index is 0. The van der Waals surface area contributed by atoms with Crippen molar-refractivity contribution in [2.24, 2.45) is 0 Å².